The first-order chi connectivity index (χ1) is 11.6. The van der Waals surface area contributed by atoms with Crippen LogP contribution in [0.15, 0.2) is 41.0 Å². The Kier molecular flexibility index (Phi) is 4.57. The van der Waals surface area contributed by atoms with Crippen molar-refractivity contribution in [3.63, 3.8) is 0 Å². The zero-order valence-electron chi connectivity index (χ0n) is 13.6. The van der Waals surface area contributed by atoms with Crippen LogP contribution in [0.3, 0.4) is 0 Å². The highest BCUT2D eigenvalue weighted by atomic mass is 16.6. The molecule has 0 spiro atoms. The van der Waals surface area contributed by atoms with E-state index in [1.165, 1.54) is 0 Å². The summed E-state index contributed by atoms with van der Waals surface area (Å²) in [4.78, 5) is 12.5. The summed E-state index contributed by atoms with van der Waals surface area (Å²) in [7, 11) is 1.55. The first kappa shape index (κ1) is 16.1. The van der Waals surface area contributed by atoms with Crippen LogP contribution in [-0.2, 0) is 16.0 Å². The van der Waals surface area contributed by atoms with E-state index in [1.54, 1.807) is 31.6 Å². The van der Waals surface area contributed by atoms with Gasteiger partial charge in [-0.05, 0) is 37.3 Å². The molecule has 0 aliphatic carbocycles. The lowest BCUT2D eigenvalue weighted by atomic mass is 10.1. The summed E-state index contributed by atoms with van der Waals surface area (Å²) in [5.74, 6) is 0.448. The molecule has 3 aromatic rings. The second kappa shape index (κ2) is 6.80. The quantitative estimate of drug-likeness (QED) is 0.556. The van der Waals surface area contributed by atoms with Crippen molar-refractivity contribution in [1.82, 2.24) is 4.57 Å². The predicted molar refractivity (Wildman–Crippen MR) is 88.3 cm³/mol. The van der Waals surface area contributed by atoms with E-state index >= 15 is 0 Å². The third kappa shape index (κ3) is 3.00. The van der Waals surface area contributed by atoms with E-state index in [1.807, 2.05) is 23.6 Å². The Hall–Kier alpha value is -2.73. The average molecular weight is 329 g/mol. The molecule has 0 fully saturated rings. The molecular formula is C18H19NO5. The van der Waals surface area contributed by atoms with Crippen molar-refractivity contribution >= 4 is 16.9 Å². The van der Waals surface area contributed by atoms with Crippen LogP contribution in [0.2, 0.25) is 0 Å². The molecule has 0 saturated heterocycles. The zero-order valence-corrected chi connectivity index (χ0v) is 13.6. The molecule has 6 heteroatoms. The fourth-order valence-corrected chi connectivity index (χ4v) is 2.78. The Bertz CT molecular complexity index is 848. The van der Waals surface area contributed by atoms with Gasteiger partial charge in [0, 0.05) is 23.7 Å². The van der Waals surface area contributed by atoms with Gasteiger partial charge in [-0.15, -0.1) is 0 Å². The van der Waals surface area contributed by atoms with Gasteiger partial charge in [-0.1, -0.05) is 0 Å². The molecule has 0 unspecified atom stereocenters. The number of hydrogen-bond donors (Lipinski definition) is 1. The molecular weight excluding hydrogens is 310 g/mol. The van der Waals surface area contributed by atoms with Crippen molar-refractivity contribution in [2.24, 2.45) is 0 Å². The van der Waals surface area contributed by atoms with Crippen molar-refractivity contribution < 1.29 is 23.8 Å². The molecule has 0 atom stereocenters. The summed E-state index contributed by atoms with van der Waals surface area (Å²) in [6.07, 6.45) is 1.61. The van der Waals surface area contributed by atoms with Gasteiger partial charge in [-0.25, -0.2) is 4.79 Å². The molecule has 24 heavy (non-hydrogen) atoms. The van der Waals surface area contributed by atoms with Gasteiger partial charge in [0.1, 0.15) is 18.1 Å². The number of aromatic nitrogens is 1. The van der Waals surface area contributed by atoms with Crippen molar-refractivity contribution in [3.8, 4) is 5.75 Å². The number of carbonyl (C=O) groups excluding carboxylic acids is 1. The molecule has 0 radical (unpaired) electrons. The van der Waals surface area contributed by atoms with Crippen LogP contribution >= 0.6 is 0 Å². The molecule has 0 amide bonds. The number of ether oxygens (including phenoxy) is 2. The van der Waals surface area contributed by atoms with Crippen LogP contribution in [0, 0.1) is 6.92 Å². The topological polar surface area (TPSA) is 73.8 Å². The summed E-state index contributed by atoms with van der Waals surface area (Å²) in [6.45, 7) is 2.86. The molecule has 0 aliphatic heterocycles. The Morgan fingerprint density at radius 2 is 2.12 bits per heavy atom. The molecule has 0 aliphatic rings. The molecule has 1 N–H and O–H groups in total. The molecule has 2 aromatic heterocycles. The number of phenolic OH excluding ortho intramolecular Hbond substituents is 1. The maximum Gasteiger partial charge on any atom is 0.340 e. The van der Waals surface area contributed by atoms with Gasteiger partial charge in [-0.2, -0.15) is 0 Å². The number of benzene rings is 1. The summed E-state index contributed by atoms with van der Waals surface area (Å²) in [5, 5.41) is 10.5. The number of furan rings is 1. The maximum atomic E-state index is 12.5. The number of phenols is 1. The smallest absolute Gasteiger partial charge is 0.340 e. The van der Waals surface area contributed by atoms with Gasteiger partial charge in [0.15, 0.2) is 0 Å². The average Bonchev–Trinajstić information content (AvgIpc) is 3.15. The van der Waals surface area contributed by atoms with Crippen LogP contribution < -0.4 is 0 Å². The van der Waals surface area contributed by atoms with Gasteiger partial charge in [0.25, 0.3) is 0 Å². The van der Waals surface area contributed by atoms with E-state index in [9.17, 15) is 9.90 Å². The maximum absolute atomic E-state index is 12.5. The lowest BCUT2D eigenvalue weighted by Gasteiger charge is -2.07. The molecule has 6 nitrogen and oxygen atoms in total. The number of hydrogen-bond acceptors (Lipinski definition) is 5. The minimum absolute atomic E-state index is 0.101. The van der Waals surface area contributed by atoms with Crippen LogP contribution in [0.25, 0.3) is 10.9 Å². The van der Waals surface area contributed by atoms with Gasteiger partial charge in [0.2, 0.25) is 0 Å². The minimum atomic E-state index is -0.432. The second-order valence-corrected chi connectivity index (χ2v) is 5.46. The standard InChI is InChI=1S/C18H19NO5/c1-12-17(18(21)24-9-8-22-2)15-10-13(20)5-6-16(15)19(12)11-14-4-3-7-23-14/h3-7,10,20H,8-9,11H2,1-2H3. The van der Waals surface area contributed by atoms with E-state index in [4.69, 9.17) is 13.9 Å². The highest BCUT2D eigenvalue weighted by Crippen LogP contribution is 2.30. The monoisotopic (exact) mass is 329 g/mol. The van der Waals surface area contributed by atoms with Gasteiger partial charge in [-0.3, -0.25) is 0 Å². The van der Waals surface area contributed by atoms with E-state index < -0.39 is 5.97 Å². The highest BCUT2D eigenvalue weighted by molar-refractivity contribution is 6.06. The van der Waals surface area contributed by atoms with E-state index in [2.05, 4.69) is 0 Å². The number of rotatable bonds is 6. The Labute approximate surface area is 139 Å². The van der Waals surface area contributed by atoms with Crippen LogP contribution in [-0.4, -0.2) is 36.0 Å². The van der Waals surface area contributed by atoms with Crippen molar-refractivity contribution in [1.29, 1.82) is 0 Å². The second-order valence-electron chi connectivity index (χ2n) is 5.46. The normalized spacial score (nSPS) is 11.1. The van der Waals surface area contributed by atoms with Gasteiger partial charge >= 0.3 is 5.97 Å². The molecule has 126 valence electrons. The predicted octanol–water partition coefficient (Wildman–Crippen LogP) is 3.10. The Balaban J connectivity index is 2.05. The zero-order chi connectivity index (χ0) is 17.1. The summed E-state index contributed by atoms with van der Waals surface area (Å²) < 4.78 is 17.6. The molecule has 2 heterocycles. The lowest BCUT2D eigenvalue weighted by molar-refractivity contribution is 0.0389. The third-order valence-corrected chi connectivity index (χ3v) is 3.93. The summed E-state index contributed by atoms with van der Waals surface area (Å²) in [6, 6.07) is 8.66. The van der Waals surface area contributed by atoms with Crippen LogP contribution in [0.1, 0.15) is 21.8 Å². The molecule has 3 rings (SSSR count). The van der Waals surface area contributed by atoms with Crippen molar-refractivity contribution in [2.45, 2.75) is 13.5 Å². The molecule has 0 saturated carbocycles. The number of methoxy groups -OCH3 is 1. The minimum Gasteiger partial charge on any atom is -0.508 e. The molecule has 1 aromatic carbocycles. The number of carbonyl (C=O) groups is 1. The first-order valence-corrected chi connectivity index (χ1v) is 7.62. The first-order valence-electron chi connectivity index (χ1n) is 7.62. The SMILES string of the molecule is COCCOC(=O)c1c(C)n(Cc2ccco2)c2ccc(O)cc12. The largest absolute Gasteiger partial charge is 0.508 e. The summed E-state index contributed by atoms with van der Waals surface area (Å²) in [5.41, 5.74) is 2.04. The van der Waals surface area contributed by atoms with Crippen LogP contribution in [0.5, 0.6) is 5.75 Å². The Morgan fingerprint density at radius 3 is 2.83 bits per heavy atom. The van der Waals surface area contributed by atoms with Crippen molar-refractivity contribution in [3.05, 3.63) is 53.6 Å². The fourth-order valence-electron chi connectivity index (χ4n) is 2.78. The third-order valence-electron chi connectivity index (χ3n) is 3.93. The fraction of sp³-hybridized carbons (Fsp3) is 0.278. The van der Waals surface area contributed by atoms with E-state index in [0.29, 0.717) is 24.1 Å². The van der Waals surface area contributed by atoms with Gasteiger partial charge in [0.05, 0.1) is 25.0 Å². The van der Waals surface area contributed by atoms with Crippen molar-refractivity contribution in [2.75, 3.05) is 20.3 Å². The number of nitrogens with zero attached hydrogens (tertiary/aromatic N) is 1. The number of esters is 1. The lowest BCUT2D eigenvalue weighted by Crippen LogP contribution is -2.11. The van der Waals surface area contributed by atoms with E-state index in [0.717, 1.165) is 17.0 Å². The number of fused-ring (bicyclic) bond motifs is 1. The van der Waals surface area contributed by atoms with Gasteiger partial charge < -0.3 is 23.6 Å². The highest BCUT2D eigenvalue weighted by Gasteiger charge is 2.22. The van der Waals surface area contributed by atoms with E-state index in [-0.39, 0.29) is 12.4 Å². The van der Waals surface area contributed by atoms with Crippen LogP contribution in [0.4, 0.5) is 0 Å². The molecule has 0 bridgehead atoms. The summed E-state index contributed by atoms with van der Waals surface area (Å²) >= 11 is 0. The Morgan fingerprint density at radius 1 is 1.29 bits per heavy atom. The number of aromatic hydroxyl groups is 1.